The molecule has 0 amide bonds. The van der Waals surface area contributed by atoms with Gasteiger partial charge >= 0.3 is 7.82 Å². The van der Waals surface area contributed by atoms with E-state index in [1.54, 1.807) is 12.1 Å². The fourth-order valence-corrected chi connectivity index (χ4v) is 4.68. The Morgan fingerprint density at radius 3 is 2.96 bits per heavy atom. The minimum absolute atomic E-state index is 0.105. The molecule has 7 nitrogen and oxygen atoms in total. The molecule has 3 atom stereocenters. The molecule has 0 fully saturated rings. The van der Waals surface area contributed by atoms with E-state index in [9.17, 15) is 9.67 Å². The van der Waals surface area contributed by atoms with Crippen LogP contribution in [-0.4, -0.2) is 45.6 Å². The second-order valence-corrected chi connectivity index (χ2v) is 8.00. The Labute approximate surface area is 139 Å². The molecule has 0 bridgehead atoms. The van der Waals surface area contributed by atoms with Crippen LogP contribution in [0.4, 0.5) is 0 Å². The standard InChI is InChI=1S/C16H20NO6P/c1-17-7-6-16-5-4-11(23-24(19,20)21)8-13(16)22-15-12(18)3-2-10(9-17)14(15)16/h2-5,11,13,18H,6-9H2,1H3,(H2,19,20,21)/t11-,13-,16?/m0/s1. The predicted molar refractivity (Wildman–Crippen MR) is 85.8 cm³/mol. The lowest BCUT2D eigenvalue weighted by atomic mass is 9.69. The molecule has 8 heteroatoms. The topological polar surface area (TPSA) is 99.5 Å². The zero-order valence-corrected chi connectivity index (χ0v) is 14.1. The Morgan fingerprint density at radius 1 is 1.42 bits per heavy atom. The highest BCUT2D eigenvalue weighted by atomic mass is 31.2. The van der Waals surface area contributed by atoms with Gasteiger partial charge in [-0.3, -0.25) is 4.52 Å². The minimum atomic E-state index is -4.56. The molecular formula is C16H20NO6P. The maximum atomic E-state index is 11.1. The Hall–Kier alpha value is -1.37. The summed E-state index contributed by atoms with van der Waals surface area (Å²) >= 11 is 0. The second-order valence-electron chi connectivity index (χ2n) is 6.81. The van der Waals surface area contributed by atoms with Gasteiger partial charge in [0.1, 0.15) is 6.10 Å². The molecule has 2 heterocycles. The van der Waals surface area contributed by atoms with Crippen LogP contribution in [0.2, 0.25) is 0 Å². The number of ether oxygens (including phenoxy) is 1. The first-order valence-electron chi connectivity index (χ1n) is 7.92. The lowest BCUT2D eigenvalue weighted by Gasteiger charge is -2.36. The van der Waals surface area contributed by atoms with Gasteiger partial charge in [-0.05, 0) is 31.6 Å². The Morgan fingerprint density at radius 2 is 2.21 bits per heavy atom. The average Bonchev–Trinajstić information content (AvgIpc) is 2.75. The van der Waals surface area contributed by atoms with Crippen LogP contribution in [0.25, 0.3) is 0 Å². The van der Waals surface area contributed by atoms with Gasteiger partial charge in [0.25, 0.3) is 0 Å². The van der Waals surface area contributed by atoms with Crippen molar-refractivity contribution in [2.75, 3.05) is 13.6 Å². The van der Waals surface area contributed by atoms with Gasteiger partial charge in [-0.15, -0.1) is 0 Å². The fraction of sp³-hybridized carbons (Fsp3) is 0.500. The molecule has 24 heavy (non-hydrogen) atoms. The van der Waals surface area contributed by atoms with E-state index in [4.69, 9.17) is 19.0 Å². The summed E-state index contributed by atoms with van der Waals surface area (Å²) in [7, 11) is -2.51. The molecule has 0 saturated carbocycles. The van der Waals surface area contributed by atoms with Crippen LogP contribution >= 0.6 is 7.82 Å². The van der Waals surface area contributed by atoms with Gasteiger partial charge in [0.15, 0.2) is 11.5 Å². The third-order valence-electron chi connectivity index (χ3n) is 5.20. The van der Waals surface area contributed by atoms with Crippen molar-refractivity contribution >= 4 is 7.82 Å². The normalized spacial score (nSPS) is 32.0. The molecule has 3 N–H and O–H groups in total. The summed E-state index contributed by atoms with van der Waals surface area (Å²) in [6, 6.07) is 3.57. The highest BCUT2D eigenvalue weighted by Gasteiger charge is 2.53. The number of aromatic hydroxyl groups is 1. The van der Waals surface area contributed by atoms with Gasteiger partial charge in [0.2, 0.25) is 0 Å². The van der Waals surface area contributed by atoms with Crippen molar-refractivity contribution in [1.82, 2.24) is 4.90 Å². The number of phosphoric ester groups is 1. The van der Waals surface area contributed by atoms with E-state index in [-0.39, 0.29) is 17.3 Å². The lowest BCUT2D eigenvalue weighted by Crippen LogP contribution is -2.43. The Bertz CT molecular complexity index is 759. The molecule has 1 aliphatic carbocycles. The van der Waals surface area contributed by atoms with Crippen LogP contribution in [0.5, 0.6) is 11.5 Å². The van der Waals surface area contributed by atoms with Crippen LogP contribution in [-0.2, 0) is 21.0 Å². The third kappa shape index (κ3) is 2.48. The van der Waals surface area contributed by atoms with Gasteiger partial charge in [-0.25, -0.2) is 4.57 Å². The first-order chi connectivity index (χ1) is 11.3. The van der Waals surface area contributed by atoms with Crippen molar-refractivity contribution in [3.8, 4) is 11.5 Å². The molecule has 1 spiro atoms. The number of phosphoric acid groups is 1. The molecule has 0 saturated heterocycles. The van der Waals surface area contributed by atoms with Crippen molar-refractivity contribution in [1.29, 1.82) is 0 Å². The quantitative estimate of drug-likeness (QED) is 0.549. The molecular weight excluding hydrogens is 333 g/mol. The van der Waals surface area contributed by atoms with E-state index in [2.05, 4.69) is 11.9 Å². The van der Waals surface area contributed by atoms with Crippen LogP contribution in [0.1, 0.15) is 24.0 Å². The molecule has 130 valence electrons. The smallest absolute Gasteiger partial charge is 0.470 e. The highest BCUT2D eigenvalue weighted by molar-refractivity contribution is 7.46. The number of nitrogens with zero attached hydrogens (tertiary/aromatic N) is 1. The Balaban J connectivity index is 1.79. The van der Waals surface area contributed by atoms with Gasteiger partial charge in [0.05, 0.1) is 11.5 Å². The molecule has 1 aromatic carbocycles. The summed E-state index contributed by atoms with van der Waals surface area (Å²) in [4.78, 5) is 20.3. The maximum Gasteiger partial charge on any atom is 0.470 e. The van der Waals surface area contributed by atoms with Gasteiger partial charge in [0, 0.05) is 18.5 Å². The second kappa shape index (κ2) is 5.31. The molecule has 0 aromatic heterocycles. The van der Waals surface area contributed by atoms with Gasteiger partial charge in [-0.1, -0.05) is 18.2 Å². The van der Waals surface area contributed by atoms with Crippen LogP contribution in [0.3, 0.4) is 0 Å². The molecule has 3 aliphatic rings. The van der Waals surface area contributed by atoms with E-state index >= 15 is 0 Å². The summed E-state index contributed by atoms with van der Waals surface area (Å²) in [5, 5.41) is 10.2. The van der Waals surface area contributed by atoms with Crippen LogP contribution in [0.15, 0.2) is 24.3 Å². The molecule has 0 radical (unpaired) electrons. The number of hydrogen-bond acceptors (Lipinski definition) is 5. The van der Waals surface area contributed by atoms with Crippen molar-refractivity contribution in [2.24, 2.45) is 0 Å². The maximum absolute atomic E-state index is 11.1. The van der Waals surface area contributed by atoms with Gasteiger partial charge < -0.3 is 24.5 Å². The van der Waals surface area contributed by atoms with Crippen LogP contribution in [0, 0.1) is 0 Å². The minimum Gasteiger partial charge on any atom is -0.504 e. The van der Waals surface area contributed by atoms with Crippen molar-refractivity contribution in [3.63, 3.8) is 0 Å². The third-order valence-corrected chi connectivity index (χ3v) is 5.74. The molecule has 1 unspecified atom stereocenters. The molecule has 1 aromatic rings. The summed E-state index contributed by atoms with van der Waals surface area (Å²) in [6.07, 6.45) is 3.80. The van der Waals surface area contributed by atoms with E-state index in [1.807, 2.05) is 12.1 Å². The number of rotatable bonds is 2. The van der Waals surface area contributed by atoms with E-state index in [0.29, 0.717) is 12.2 Å². The SMILES string of the molecule is CN1CCC23C=C[C@H](OP(=O)(O)O)C[C@@H]2Oc2c(O)ccc(c23)C1. The van der Waals surface area contributed by atoms with Gasteiger partial charge in [-0.2, -0.15) is 0 Å². The average molecular weight is 353 g/mol. The fourth-order valence-electron chi connectivity index (χ4n) is 4.17. The van der Waals surface area contributed by atoms with Crippen LogP contribution < -0.4 is 4.74 Å². The number of hydrogen-bond donors (Lipinski definition) is 3. The number of phenolic OH excluding ortho intramolecular Hbond substituents is 1. The monoisotopic (exact) mass is 353 g/mol. The number of phenols is 1. The zero-order valence-electron chi connectivity index (χ0n) is 13.3. The van der Waals surface area contributed by atoms with E-state index in [0.717, 1.165) is 30.6 Å². The molecule has 4 rings (SSSR count). The Kier molecular flexibility index (Phi) is 3.57. The molecule has 2 aliphatic heterocycles. The summed E-state index contributed by atoms with van der Waals surface area (Å²) in [6.45, 7) is 1.64. The number of benzene rings is 1. The lowest BCUT2D eigenvalue weighted by molar-refractivity contribution is 0.0753. The predicted octanol–water partition coefficient (Wildman–Crippen LogP) is 1.66. The first kappa shape index (κ1) is 16.1. The van der Waals surface area contributed by atoms with Crippen molar-refractivity contribution in [2.45, 2.75) is 37.0 Å². The summed E-state index contributed by atoms with van der Waals surface area (Å²) < 4.78 is 22.0. The largest absolute Gasteiger partial charge is 0.504 e. The van der Waals surface area contributed by atoms with E-state index in [1.165, 1.54) is 0 Å². The summed E-state index contributed by atoms with van der Waals surface area (Å²) in [5.41, 5.74) is 1.73. The zero-order chi connectivity index (χ0) is 17.1. The van der Waals surface area contributed by atoms with Crippen molar-refractivity contribution < 1.29 is 28.7 Å². The first-order valence-corrected chi connectivity index (χ1v) is 9.45. The van der Waals surface area contributed by atoms with E-state index < -0.39 is 13.9 Å². The summed E-state index contributed by atoms with van der Waals surface area (Å²) in [5.74, 6) is 0.599. The highest BCUT2D eigenvalue weighted by Crippen LogP contribution is 2.56. The van der Waals surface area contributed by atoms with Crippen molar-refractivity contribution in [3.05, 3.63) is 35.4 Å².